The number of rotatable bonds is 10. The normalized spacial score (nSPS) is 12.3. The second-order valence-corrected chi connectivity index (χ2v) is 8.90. The third-order valence-corrected chi connectivity index (χ3v) is 5.30. The second-order valence-electron chi connectivity index (χ2n) is 6.22. The molecule has 1 aromatic rings. The molecule has 11 heteroatoms. The van der Waals surface area contributed by atoms with Crippen molar-refractivity contribution in [3.63, 3.8) is 0 Å². The highest BCUT2D eigenvalue weighted by Crippen LogP contribution is 2.15. The molecule has 0 radical (unpaired) electrons. The average Bonchev–Trinajstić information content (AvgIpc) is 2.63. The Morgan fingerprint density at radius 1 is 1.21 bits per heavy atom. The molecule has 1 aromatic carbocycles. The van der Waals surface area contributed by atoms with E-state index in [0.717, 1.165) is 0 Å². The van der Waals surface area contributed by atoms with Crippen LogP contribution >= 0.6 is 15.9 Å². The van der Waals surface area contributed by atoms with Crippen LogP contribution in [0.4, 0.5) is 0 Å². The lowest BCUT2D eigenvalue weighted by molar-refractivity contribution is -0.149. The molecule has 1 atom stereocenters. The Balaban J connectivity index is 2.51. The van der Waals surface area contributed by atoms with Gasteiger partial charge in [-0.25, -0.2) is 13.2 Å². The number of ether oxygens (including phenoxy) is 2. The predicted octanol–water partition coefficient (Wildman–Crippen LogP) is 0.975. The molecular formula is C17H23BrN2O7S. The molecule has 1 amide bonds. The van der Waals surface area contributed by atoms with E-state index in [1.165, 1.54) is 25.3 Å². The fourth-order valence-electron chi connectivity index (χ4n) is 2.13. The predicted molar refractivity (Wildman–Crippen MR) is 104 cm³/mol. The first-order valence-corrected chi connectivity index (χ1v) is 10.6. The van der Waals surface area contributed by atoms with Crippen LogP contribution in [0, 0.1) is 5.92 Å². The van der Waals surface area contributed by atoms with E-state index in [0.29, 0.717) is 10.9 Å². The highest BCUT2D eigenvalue weighted by molar-refractivity contribution is 9.10. The summed E-state index contributed by atoms with van der Waals surface area (Å²) in [5.41, 5.74) is 0. The Morgan fingerprint density at radius 3 is 2.46 bits per heavy atom. The van der Waals surface area contributed by atoms with Gasteiger partial charge >= 0.3 is 11.9 Å². The van der Waals surface area contributed by atoms with Crippen LogP contribution in [0.5, 0.6) is 0 Å². The fourth-order valence-corrected chi connectivity index (χ4v) is 3.70. The zero-order valence-electron chi connectivity index (χ0n) is 15.7. The van der Waals surface area contributed by atoms with E-state index in [2.05, 4.69) is 30.7 Å². The number of carbonyl (C=O) groups is 3. The highest BCUT2D eigenvalue weighted by atomic mass is 79.9. The summed E-state index contributed by atoms with van der Waals surface area (Å²) >= 11 is 3.16. The van der Waals surface area contributed by atoms with Crippen LogP contribution in [0.15, 0.2) is 33.6 Å². The number of carbonyl (C=O) groups excluding carboxylic acids is 3. The van der Waals surface area contributed by atoms with Crippen molar-refractivity contribution < 1.29 is 32.3 Å². The summed E-state index contributed by atoms with van der Waals surface area (Å²) in [6.07, 6.45) is 0.360. The Morgan fingerprint density at radius 2 is 1.89 bits per heavy atom. The van der Waals surface area contributed by atoms with Crippen molar-refractivity contribution in [1.29, 1.82) is 0 Å². The van der Waals surface area contributed by atoms with Crippen LogP contribution < -0.4 is 10.0 Å². The molecule has 0 spiro atoms. The quantitative estimate of drug-likeness (QED) is 0.479. The van der Waals surface area contributed by atoms with E-state index in [-0.39, 0.29) is 10.8 Å². The van der Waals surface area contributed by atoms with Crippen molar-refractivity contribution in [3.8, 4) is 0 Å². The van der Waals surface area contributed by atoms with Gasteiger partial charge in [-0.1, -0.05) is 35.8 Å². The van der Waals surface area contributed by atoms with Gasteiger partial charge in [-0.05, 0) is 30.5 Å². The number of hydrogen-bond donors (Lipinski definition) is 2. The molecule has 1 rings (SSSR count). The number of nitrogens with one attached hydrogen (secondary N) is 2. The van der Waals surface area contributed by atoms with E-state index in [9.17, 15) is 22.8 Å². The molecule has 9 nitrogen and oxygen atoms in total. The van der Waals surface area contributed by atoms with Crippen LogP contribution in [0.3, 0.4) is 0 Å². The lowest BCUT2D eigenvalue weighted by Crippen LogP contribution is -2.44. The molecule has 0 saturated carbocycles. The summed E-state index contributed by atoms with van der Waals surface area (Å²) in [6.45, 7) is 2.45. The molecule has 0 fully saturated rings. The van der Waals surface area contributed by atoms with Crippen LogP contribution in [-0.4, -0.2) is 52.6 Å². The van der Waals surface area contributed by atoms with Gasteiger partial charge in [0.25, 0.3) is 5.91 Å². The third-order valence-electron chi connectivity index (χ3n) is 3.41. The van der Waals surface area contributed by atoms with Crippen LogP contribution in [0.1, 0.15) is 20.3 Å². The van der Waals surface area contributed by atoms with Gasteiger partial charge in [0, 0.05) is 4.47 Å². The Labute approximate surface area is 172 Å². The maximum absolute atomic E-state index is 12.1. The zero-order valence-corrected chi connectivity index (χ0v) is 18.1. The topological polar surface area (TPSA) is 128 Å². The number of methoxy groups -OCH3 is 1. The molecule has 156 valence electrons. The number of esters is 2. The van der Waals surface area contributed by atoms with Crippen molar-refractivity contribution in [2.45, 2.75) is 31.2 Å². The number of amides is 1. The van der Waals surface area contributed by atoms with E-state index >= 15 is 0 Å². The lowest BCUT2D eigenvalue weighted by Gasteiger charge is -2.18. The summed E-state index contributed by atoms with van der Waals surface area (Å²) in [5.74, 6) is -2.11. The summed E-state index contributed by atoms with van der Waals surface area (Å²) in [6, 6.07) is 5.09. The molecule has 1 unspecified atom stereocenters. The summed E-state index contributed by atoms with van der Waals surface area (Å²) in [4.78, 5) is 35.2. The van der Waals surface area contributed by atoms with Gasteiger partial charge in [-0.15, -0.1) is 0 Å². The minimum absolute atomic E-state index is 0.0259. The van der Waals surface area contributed by atoms with Crippen LogP contribution in [0.2, 0.25) is 0 Å². The number of benzene rings is 1. The van der Waals surface area contributed by atoms with E-state index < -0.39 is 47.1 Å². The van der Waals surface area contributed by atoms with Crippen molar-refractivity contribution in [2.24, 2.45) is 5.92 Å². The molecule has 0 aliphatic heterocycles. The van der Waals surface area contributed by atoms with Gasteiger partial charge < -0.3 is 14.8 Å². The minimum Gasteiger partial charge on any atom is -0.467 e. The van der Waals surface area contributed by atoms with E-state index in [1.807, 2.05) is 13.8 Å². The monoisotopic (exact) mass is 478 g/mol. The Kier molecular flexibility index (Phi) is 9.56. The SMILES string of the molecule is COC(=O)C(CC(C)C)NC(=O)COC(=O)CNS(=O)(=O)c1cccc(Br)c1. The van der Waals surface area contributed by atoms with Crippen molar-refractivity contribution >= 4 is 43.8 Å². The van der Waals surface area contributed by atoms with Gasteiger partial charge in [-0.3, -0.25) is 9.59 Å². The van der Waals surface area contributed by atoms with Gasteiger partial charge in [0.1, 0.15) is 12.6 Å². The maximum atomic E-state index is 12.1. The summed E-state index contributed by atoms with van der Waals surface area (Å²) in [5, 5.41) is 2.42. The van der Waals surface area contributed by atoms with E-state index in [4.69, 9.17) is 4.74 Å². The zero-order chi connectivity index (χ0) is 21.3. The fraction of sp³-hybridized carbons (Fsp3) is 0.471. The van der Waals surface area contributed by atoms with Gasteiger partial charge in [0.05, 0.1) is 12.0 Å². The van der Waals surface area contributed by atoms with Crippen molar-refractivity contribution in [2.75, 3.05) is 20.3 Å². The molecule has 0 aromatic heterocycles. The van der Waals surface area contributed by atoms with Crippen molar-refractivity contribution in [3.05, 3.63) is 28.7 Å². The lowest BCUT2D eigenvalue weighted by atomic mass is 10.0. The smallest absolute Gasteiger partial charge is 0.328 e. The van der Waals surface area contributed by atoms with Gasteiger partial charge in [-0.2, -0.15) is 4.72 Å². The first-order valence-electron chi connectivity index (χ1n) is 8.33. The van der Waals surface area contributed by atoms with Crippen LogP contribution in [-0.2, 0) is 33.9 Å². The maximum Gasteiger partial charge on any atom is 0.328 e. The Bertz CT molecular complexity index is 811. The molecule has 0 aliphatic rings. The number of halogens is 1. The number of hydrogen-bond acceptors (Lipinski definition) is 7. The molecule has 0 aliphatic carbocycles. The van der Waals surface area contributed by atoms with Crippen LogP contribution in [0.25, 0.3) is 0 Å². The van der Waals surface area contributed by atoms with Gasteiger partial charge in [0.15, 0.2) is 6.61 Å². The van der Waals surface area contributed by atoms with Gasteiger partial charge in [0.2, 0.25) is 10.0 Å². The first-order chi connectivity index (χ1) is 13.0. The largest absolute Gasteiger partial charge is 0.467 e. The molecule has 0 bridgehead atoms. The second kappa shape index (κ2) is 11.1. The Hall–Kier alpha value is -1.98. The number of sulfonamides is 1. The third kappa shape index (κ3) is 8.36. The standard InChI is InChI=1S/C17H23BrN2O7S/c1-11(2)7-14(17(23)26-3)20-15(21)10-27-16(22)9-19-28(24,25)13-6-4-5-12(18)8-13/h4-6,8,11,14,19H,7,9-10H2,1-3H3,(H,20,21). The molecule has 0 heterocycles. The average molecular weight is 479 g/mol. The first kappa shape index (κ1) is 24.1. The summed E-state index contributed by atoms with van der Waals surface area (Å²) in [7, 11) is -2.70. The van der Waals surface area contributed by atoms with E-state index in [1.54, 1.807) is 6.07 Å². The highest BCUT2D eigenvalue weighted by Gasteiger charge is 2.23. The van der Waals surface area contributed by atoms with Crippen molar-refractivity contribution in [1.82, 2.24) is 10.0 Å². The minimum atomic E-state index is -3.91. The molecule has 28 heavy (non-hydrogen) atoms. The molecule has 2 N–H and O–H groups in total. The summed E-state index contributed by atoms with van der Waals surface area (Å²) < 4.78 is 36.2. The molecular weight excluding hydrogens is 456 g/mol. The molecule has 0 saturated heterocycles.